The van der Waals surface area contributed by atoms with E-state index in [9.17, 15) is 4.79 Å². The molecule has 122 valence electrons. The Morgan fingerprint density at radius 2 is 2.17 bits per heavy atom. The topological polar surface area (TPSA) is 77.8 Å². The van der Waals surface area contributed by atoms with Crippen molar-refractivity contribution < 1.29 is 4.79 Å². The monoisotopic (exact) mass is 378 g/mol. The molecule has 0 saturated carbocycles. The lowest BCUT2D eigenvalue weighted by Crippen LogP contribution is -2.24. The predicted molar refractivity (Wildman–Crippen MR) is 98.7 cm³/mol. The van der Waals surface area contributed by atoms with Gasteiger partial charge in [0, 0.05) is 6.54 Å². The Labute approximate surface area is 153 Å². The molecule has 1 heterocycles. The highest BCUT2D eigenvalue weighted by Gasteiger charge is 2.13. The van der Waals surface area contributed by atoms with Crippen molar-refractivity contribution in [3.63, 3.8) is 0 Å². The molecular formula is C16H12Cl2N4OS. The van der Waals surface area contributed by atoms with E-state index >= 15 is 0 Å². The SMILES string of the molecule is C=CCNC(=O)/C(C#N)=C/c1sc(Nc2ccccc2Cl)nc1Cl. The Bertz CT molecular complexity index is 839. The minimum atomic E-state index is -0.498. The number of para-hydroxylation sites is 1. The minimum absolute atomic E-state index is 0.0632. The number of rotatable bonds is 6. The first-order chi connectivity index (χ1) is 11.5. The molecule has 1 aromatic heterocycles. The minimum Gasteiger partial charge on any atom is -0.348 e. The summed E-state index contributed by atoms with van der Waals surface area (Å²) in [5.41, 5.74) is 0.621. The zero-order valence-corrected chi connectivity index (χ0v) is 14.7. The summed E-state index contributed by atoms with van der Waals surface area (Å²) in [5, 5.41) is 16.0. The third-order valence-electron chi connectivity index (χ3n) is 2.77. The normalized spacial score (nSPS) is 10.8. The molecule has 0 aliphatic rings. The van der Waals surface area contributed by atoms with Crippen LogP contribution in [0.2, 0.25) is 10.2 Å². The van der Waals surface area contributed by atoms with Crippen molar-refractivity contribution in [1.29, 1.82) is 5.26 Å². The highest BCUT2D eigenvalue weighted by Crippen LogP contribution is 2.32. The fourth-order valence-corrected chi connectivity index (χ4v) is 2.97. The zero-order valence-electron chi connectivity index (χ0n) is 12.3. The van der Waals surface area contributed by atoms with Crippen LogP contribution >= 0.6 is 34.5 Å². The Hall–Kier alpha value is -2.33. The lowest BCUT2D eigenvalue weighted by Gasteiger charge is -2.03. The molecule has 0 aliphatic heterocycles. The van der Waals surface area contributed by atoms with Gasteiger partial charge in [-0.2, -0.15) is 5.26 Å². The summed E-state index contributed by atoms with van der Waals surface area (Å²) in [4.78, 5) is 16.5. The first-order valence-corrected chi connectivity index (χ1v) is 8.31. The molecule has 2 aromatic rings. The van der Waals surface area contributed by atoms with E-state index in [0.717, 1.165) is 0 Å². The molecule has 0 spiro atoms. The number of halogens is 2. The highest BCUT2D eigenvalue weighted by molar-refractivity contribution is 7.17. The molecule has 2 rings (SSSR count). The maximum Gasteiger partial charge on any atom is 0.262 e. The van der Waals surface area contributed by atoms with Crippen LogP contribution in [0.25, 0.3) is 6.08 Å². The van der Waals surface area contributed by atoms with Crippen molar-refractivity contribution in [2.45, 2.75) is 0 Å². The van der Waals surface area contributed by atoms with Gasteiger partial charge in [-0.05, 0) is 18.2 Å². The van der Waals surface area contributed by atoms with Crippen LogP contribution < -0.4 is 10.6 Å². The number of hydrogen-bond acceptors (Lipinski definition) is 5. The van der Waals surface area contributed by atoms with Crippen molar-refractivity contribution in [2.24, 2.45) is 0 Å². The molecule has 0 bridgehead atoms. The average molecular weight is 379 g/mol. The summed E-state index contributed by atoms with van der Waals surface area (Å²) >= 11 is 13.4. The number of thiazole rings is 1. The van der Waals surface area contributed by atoms with Gasteiger partial charge < -0.3 is 10.6 Å². The highest BCUT2D eigenvalue weighted by atomic mass is 35.5. The maximum absolute atomic E-state index is 11.8. The molecule has 8 heteroatoms. The summed E-state index contributed by atoms with van der Waals surface area (Å²) in [6.45, 7) is 3.77. The van der Waals surface area contributed by atoms with E-state index in [4.69, 9.17) is 28.5 Å². The van der Waals surface area contributed by atoms with Crippen molar-refractivity contribution >= 4 is 57.3 Å². The largest absolute Gasteiger partial charge is 0.348 e. The Balaban J connectivity index is 2.23. The van der Waals surface area contributed by atoms with E-state index in [0.29, 0.717) is 20.7 Å². The van der Waals surface area contributed by atoms with Crippen molar-refractivity contribution in [3.05, 3.63) is 57.5 Å². The number of aromatic nitrogens is 1. The molecule has 0 aliphatic carbocycles. The Morgan fingerprint density at radius 1 is 1.42 bits per heavy atom. The van der Waals surface area contributed by atoms with Crippen LogP contribution in [-0.4, -0.2) is 17.4 Å². The van der Waals surface area contributed by atoms with Gasteiger partial charge in [-0.1, -0.05) is 52.7 Å². The fourth-order valence-electron chi connectivity index (χ4n) is 1.67. The molecule has 1 aromatic carbocycles. The van der Waals surface area contributed by atoms with Gasteiger partial charge in [0.05, 0.1) is 15.6 Å². The quantitative estimate of drug-likeness (QED) is 0.443. The fraction of sp³-hybridized carbons (Fsp3) is 0.0625. The molecule has 0 unspecified atom stereocenters. The molecule has 1 amide bonds. The summed E-state index contributed by atoms with van der Waals surface area (Å²) in [5.74, 6) is -0.498. The third kappa shape index (κ3) is 4.59. The smallest absolute Gasteiger partial charge is 0.262 e. The number of benzene rings is 1. The van der Waals surface area contributed by atoms with E-state index in [1.807, 2.05) is 18.2 Å². The van der Waals surface area contributed by atoms with Crippen LogP contribution in [0.5, 0.6) is 0 Å². The van der Waals surface area contributed by atoms with Gasteiger partial charge in [0.1, 0.15) is 16.8 Å². The average Bonchev–Trinajstić information content (AvgIpc) is 2.91. The van der Waals surface area contributed by atoms with Crippen molar-refractivity contribution in [1.82, 2.24) is 10.3 Å². The summed E-state index contributed by atoms with van der Waals surface area (Å²) in [6, 6.07) is 9.05. The van der Waals surface area contributed by atoms with Gasteiger partial charge >= 0.3 is 0 Å². The number of anilines is 2. The standard InChI is InChI=1S/C16H12Cl2N4OS/c1-2-7-20-15(23)10(9-19)8-13-14(18)22-16(24-13)21-12-6-4-3-5-11(12)17/h2-6,8H,1,7H2,(H,20,23)(H,21,22)/b10-8+. The van der Waals surface area contributed by atoms with Crippen molar-refractivity contribution in [2.75, 3.05) is 11.9 Å². The second-order valence-electron chi connectivity index (χ2n) is 4.45. The molecule has 24 heavy (non-hydrogen) atoms. The van der Waals surface area contributed by atoms with Crippen LogP contribution in [0.15, 0.2) is 42.5 Å². The number of carbonyl (C=O) groups excluding carboxylic acids is 1. The molecule has 2 N–H and O–H groups in total. The molecular weight excluding hydrogens is 367 g/mol. The van der Waals surface area contributed by atoms with E-state index in [1.54, 1.807) is 12.1 Å². The first kappa shape index (κ1) is 18.0. The van der Waals surface area contributed by atoms with E-state index in [1.165, 1.54) is 23.5 Å². The van der Waals surface area contributed by atoms with Crippen LogP contribution in [0.3, 0.4) is 0 Å². The van der Waals surface area contributed by atoms with Crippen molar-refractivity contribution in [3.8, 4) is 6.07 Å². The van der Waals surface area contributed by atoms with Gasteiger partial charge in [0.25, 0.3) is 5.91 Å². The lowest BCUT2D eigenvalue weighted by molar-refractivity contribution is -0.116. The Kier molecular flexibility index (Phi) is 6.38. The molecule has 0 saturated heterocycles. The second kappa shape index (κ2) is 8.50. The van der Waals surface area contributed by atoms with Gasteiger partial charge in [-0.3, -0.25) is 4.79 Å². The zero-order chi connectivity index (χ0) is 17.5. The van der Waals surface area contributed by atoms with E-state index < -0.39 is 5.91 Å². The summed E-state index contributed by atoms with van der Waals surface area (Å²) < 4.78 is 0. The maximum atomic E-state index is 11.8. The first-order valence-electron chi connectivity index (χ1n) is 6.74. The molecule has 0 radical (unpaired) electrons. The second-order valence-corrected chi connectivity index (χ2v) is 6.24. The summed E-state index contributed by atoms with van der Waals surface area (Å²) in [6.07, 6.45) is 2.92. The van der Waals surface area contributed by atoms with Gasteiger partial charge in [0.2, 0.25) is 0 Å². The third-order valence-corrected chi connectivity index (χ3v) is 4.42. The number of hydrogen-bond donors (Lipinski definition) is 2. The van der Waals surface area contributed by atoms with Crippen LogP contribution in [0.1, 0.15) is 4.88 Å². The van der Waals surface area contributed by atoms with Gasteiger partial charge in [0.15, 0.2) is 5.13 Å². The van der Waals surface area contributed by atoms with Crippen LogP contribution in [-0.2, 0) is 4.79 Å². The van der Waals surface area contributed by atoms with E-state index in [2.05, 4.69) is 22.2 Å². The van der Waals surface area contributed by atoms with E-state index in [-0.39, 0.29) is 17.3 Å². The van der Waals surface area contributed by atoms with Gasteiger partial charge in [-0.25, -0.2) is 4.98 Å². The number of carbonyl (C=O) groups is 1. The van der Waals surface area contributed by atoms with Crippen LogP contribution in [0.4, 0.5) is 10.8 Å². The predicted octanol–water partition coefficient (Wildman–Crippen LogP) is 4.40. The number of nitrogens with one attached hydrogen (secondary N) is 2. The van der Waals surface area contributed by atoms with Crippen LogP contribution in [0, 0.1) is 11.3 Å². The molecule has 5 nitrogen and oxygen atoms in total. The Morgan fingerprint density at radius 3 is 2.83 bits per heavy atom. The molecule has 0 atom stereocenters. The lowest BCUT2D eigenvalue weighted by atomic mass is 10.2. The molecule has 0 fully saturated rings. The number of nitriles is 1. The van der Waals surface area contributed by atoms with Gasteiger partial charge in [-0.15, -0.1) is 6.58 Å². The summed E-state index contributed by atoms with van der Waals surface area (Å²) in [7, 11) is 0. The number of nitrogens with zero attached hydrogens (tertiary/aromatic N) is 2. The number of amides is 1.